The first-order chi connectivity index (χ1) is 7.61. The highest BCUT2D eigenvalue weighted by Gasteiger charge is 1.99. The molecule has 4 N–H and O–H groups in total. The van der Waals surface area contributed by atoms with Crippen molar-refractivity contribution in [2.75, 3.05) is 11.9 Å². The Bertz CT molecular complexity index is 363. The van der Waals surface area contributed by atoms with E-state index in [2.05, 4.69) is 29.6 Å². The third kappa shape index (κ3) is 4.27. The molecule has 1 aromatic carbocycles. The second kappa shape index (κ2) is 6.07. The lowest BCUT2D eigenvalue weighted by atomic mass is 10.2. The summed E-state index contributed by atoms with van der Waals surface area (Å²) in [6.45, 7) is 4.77. The average molecular weight is 224 g/mol. The van der Waals surface area contributed by atoms with E-state index in [-0.39, 0.29) is 5.82 Å². The first-order valence-electron chi connectivity index (χ1n) is 5.15. The molecule has 88 valence electrons. The molecule has 1 rings (SSSR count). The number of aliphatic imine (C=N–C) groups is 1. The van der Waals surface area contributed by atoms with Gasteiger partial charge < -0.3 is 5.32 Å². The monoisotopic (exact) mass is 224 g/mol. The molecule has 0 fully saturated rings. The Hall–Kier alpha value is -1.62. The lowest BCUT2D eigenvalue weighted by molar-refractivity contribution is 0.628. The number of benzene rings is 1. The maximum Gasteiger partial charge on any atom is 0.210 e. The first kappa shape index (κ1) is 12.4. The van der Waals surface area contributed by atoms with E-state index in [0.29, 0.717) is 24.1 Å². The summed E-state index contributed by atoms with van der Waals surface area (Å²) in [5.41, 5.74) is 3.05. The number of guanidine groups is 1. The van der Waals surface area contributed by atoms with Gasteiger partial charge in [0, 0.05) is 12.2 Å². The molecule has 0 amide bonds. The van der Waals surface area contributed by atoms with Gasteiger partial charge in [0.05, 0.1) is 0 Å². The van der Waals surface area contributed by atoms with Crippen LogP contribution in [-0.4, -0.2) is 12.5 Å². The van der Waals surface area contributed by atoms with Crippen molar-refractivity contribution < 1.29 is 4.39 Å². The maximum absolute atomic E-state index is 12.9. The summed E-state index contributed by atoms with van der Waals surface area (Å²) in [7, 11) is 0. The Morgan fingerprint density at radius 2 is 2.25 bits per heavy atom. The predicted molar refractivity (Wildman–Crippen MR) is 64.5 cm³/mol. The second-order valence-corrected chi connectivity index (χ2v) is 3.86. The molecule has 0 spiro atoms. The van der Waals surface area contributed by atoms with Crippen LogP contribution in [0.25, 0.3) is 0 Å². The molecular weight excluding hydrogens is 207 g/mol. The van der Waals surface area contributed by atoms with Gasteiger partial charge in [0.25, 0.3) is 0 Å². The first-order valence-corrected chi connectivity index (χ1v) is 5.15. The van der Waals surface area contributed by atoms with Crippen molar-refractivity contribution in [1.82, 2.24) is 5.43 Å². The lowest BCUT2D eigenvalue weighted by Gasteiger charge is -2.09. The van der Waals surface area contributed by atoms with Gasteiger partial charge in [0.1, 0.15) is 5.82 Å². The third-order valence-corrected chi connectivity index (χ3v) is 1.84. The topological polar surface area (TPSA) is 62.4 Å². The molecule has 0 saturated heterocycles. The summed E-state index contributed by atoms with van der Waals surface area (Å²) < 4.78 is 12.9. The van der Waals surface area contributed by atoms with Gasteiger partial charge in [-0.3, -0.25) is 10.4 Å². The van der Waals surface area contributed by atoms with E-state index in [9.17, 15) is 4.39 Å². The number of nitrogens with zero attached hydrogens (tertiary/aromatic N) is 1. The number of hydrazine groups is 1. The summed E-state index contributed by atoms with van der Waals surface area (Å²) in [6.07, 6.45) is 0. The van der Waals surface area contributed by atoms with Gasteiger partial charge in [-0.25, -0.2) is 10.2 Å². The van der Waals surface area contributed by atoms with E-state index in [1.54, 1.807) is 12.1 Å². The molecule has 0 heterocycles. The molecular formula is C11H17FN4. The molecule has 5 heteroatoms. The van der Waals surface area contributed by atoms with Gasteiger partial charge in [-0.2, -0.15) is 0 Å². The maximum atomic E-state index is 12.9. The van der Waals surface area contributed by atoms with E-state index >= 15 is 0 Å². The van der Waals surface area contributed by atoms with Crippen LogP contribution in [0, 0.1) is 11.7 Å². The van der Waals surface area contributed by atoms with Gasteiger partial charge >= 0.3 is 0 Å². The van der Waals surface area contributed by atoms with E-state index < -0.39 is 0 Å². The molecule has 0 bridgehead atoms. The van der Waals surface area contributed by atoms with Crippen molar-refractivity contribution in [3.63, 3.8) is 0 Å². The predicted octanol–water partition coefficient (Wildman–Crippen LogP) is 1.71. The van der Waals surface area contributed by atoms with Crippen LogP contribution in [-0.2, 0) is 0 Å². The van der Waals surface area contributed by atoms with E-state index in [1.165, 1.54) is 12.1 Å². The molecule has 0 aliphatic carbocycles. The third-order valence-electron chi connectivity index (χ3n) is 1.84. The van der Waals surface area contributed by atoms with E-state index in [1.807, 2.05) is 0 Å². The molecule has 0 aliphatic heterocycles. The van der Waals surface area contributed by atoms with Crippen molar-refractivity contribution >= 4 is 11.6 Å². The molecule has 0 aromatic heterocycles. The van der Waals surface area contributed by atoms with Crippen LogP contribution >= 0.6 is 0 Å². The van der Waals surface area contributed by atoms with E-state index in [0.717, 1.165) is 0 Å². The Kier molecular flexibility index (Phi) is 4.72. The van der Waals surface area contributed by atoms with Crippen LogP contribution < -0.4 is 16.6 Å². The van der Waals surface area contributed by atoms with Crippen molar-refractivity contribution in [3.05, 3.63) is 30.1 Å². The number of hydrogen-bond acceptors (Lipinski definition) is 2. The Morgan fingerprint density at radius 3 is 2.81 bits per heavy atom. The van der Waals surface area contributed by atoms with Gasteiger partial charge in [-0.15, -0.1) is 0 Å². The highest BCUT2D eigenvalue weighted by Crippen LogP contribution is 2.08. The van der Waals surface area contributed by atoms with Crippen LogP contribution in [0.1, 0.15) is 13.8 Å². The van der Waals surface area contributed by atoms with Gasteiger partial charge in [0.15, 0.2) is 0 Å². The second-order valence-electron chi connectivity index (χ2n) is 3.86. The van der Waals surface area contributed by atoms with Crippen molar-refractivity contribution in [1.29, 1.82) is 0 Å². The minimum atomic E-state index is -0.301. The molecule has 16 heavy (non-hydrogen) atoms. The zero-order chi connectivity index (χ0) is 12.0. The molecule has 0 unspecified atom stereocenters. The number of rotatable bonds is 3. The lowest BCUT2D eigenvalue weighted by Crippen LogP contribution is -2.36. The minimum absolute atomic E-state index is 0.301. The Labute approximate surface area is 94.7 Å². The molecule has 0 radical (unpaired) electrons. The zero-order valence-electron chi connectivity index (χ0n) is 9.50. The van der Waals surface area contributed by atoms with Crippen LogP contribution in [0.3, 0.4) is 0 Å². The normalized spacial score (nSPS) is 11.7. The molecule has 0 saturated carbocycles. The summed E-state index contributed by atoms with van der Waals surface area (Å²) in [5.74, 6) is 5.88. The number of nitrogens with two attached hydrogens (primary N) is 1. The van der Waals surface area contributed by atoms with E-state index in [4.69, 9.17) is 5.84 Å². The Morgan fingerprint density at radius 1 is 1.50 bits per heavy atom. The summed E-state index contributed by atoms with van der Waals surface area (Å²) in [4.78, 5) is 4.21. The van der Waals surface area contributed by atoms with Gasteiger partial charge in [-0.05, 0) is 24.1 Å². The van der Waals surface area contributed by atoms with Crippen LogP contribution in [0.4, 0.5) is 10.1 Å². The fourth-order valence-corrected chi connectivity index (χ4v) is 1.10. The van der Waals surface area contributed by atoms with Gasteiger partial charge in [-0.1, -0.05) is 19.9 Å². The summed E-state index contributed by atoms with van der Waals surface area (Å²) in [6, 6.07) is 6.12. The smallest absolute Gasteiger partial charge is 0.210 e. The van der Waals surface area contributed by atoms with Gasteiger partial charge in [0.2, 0.25) is 5.96 Å². The van der Waals surface area contributed by atoms with Crippen LogP contribution in [0.5, 0.6) is 0 Å². The van der Waals surface area contributed by atoms with Crippen molar-refractivity contribution in [2.45, 2.75) is 13.8 Å². The number of hydrogen-bond donors (Lipinski definition) is 3. The SMILES string of the molecule is CC(C)CN=C(NN)Nc1cccc(F)c1. The van der Waals surface area contributed by atoms with Crippen molar-refractivity contribution in [3.8, 4) is 0 Å². The van der Waals surface area contributed by atoms with Crippen LogP contribution in [0.2, 0.25) is 0 Å². The summed E-state index contributed by atoms with van der Waals surface area (Å²) >= 11 is 0. The van der Waals surface area contributed by atoms with Crippen molar-refractivity contribution in [2.24, 2.45) is 16.8 Å². The average Bonchev–Trinajstić information content (AvgIpc) is 2.24. The standard InChI is InChI=1S/C11H17FN4/c1-8(2)7-14-11(16-13)15-10-5-3-4-9(12)6-10/h3-6,8H,7,13H2,1-2H3,(H2,14,15,16). The zero-order valence-corrected chi connectivity index (χ0v) is 9.50. The highest BCUT2D eigenvalue weighted by molar-refractivity contribution is 5.93. The largest absolute Gasteiger partial charge is 0.325 e. The van der Waals surface area contributed by atoms with Crippen LogP contribution in [0.15, 0.2) is 29.3 Å². The molecule has 0 atom stereocenters. The fourth-order valence-electron chi connectivity index (χ4n) is 1.10. The molecule has 1 aromatic rings. The highest BCUT2D eigenvalue weighted by atomic mass is 19.1. The Balaban J connectivity index is 2.66. The number of anilines is 1. The fraction of sp³-hybridized carbons (Fsp3) is 0.364. The molecule has 4 nitrogen and oxygen atoms in total. The number of halogens is 1. The molecule has 0 aliphatic rings. The quantitative estimate of drug-likeness (QED) is 0.317. The minimum Gasteiger partial charge on any atom is -0.325 e. The number of nitrogens with one attached hydrogen (secondary N) is 2. The summed E-state index contributed by atoms with van der Waals surface area (Å²) in [5, 5.41) is 2.90.